The van der Waals surface area contributed by atoms with Crippen LogP contribution in [0.4, 0.5) is 13.2 Å². The van der Waals surface area contributed by atoms with Crippen LogP contribution in [0.5, 0.6) is 0 Å². The number of hydrogen-bond donors (Lipinski definition) is 2. The molecule has 1 heterocycles. The van der Waals surface area contributed by atoms with Gasteiger partial charge in [-0.05, 0) is 25.1 Å². The fraction of sp³-hybridized carbons (Fsp3) is 0.300. The van der Waals surface area contributed by atoms with E-state index in [9.17, 15) is 18.3 Å². The number of H-pyrrole nitrogens is 1. The molecular weight excluding hydrogens is 221 g/mol. The van der Waals surface area contributed by atoms with Crippen molar-refractivity contribution in [3.8, 4) is 0 Å². The van der Waals surface area contributed by atoms with E-state index in [0.717, 1.165) is 12.1 Å². The van der Waals surface area contributed by atoms with Crippen LogP contribution in [-0.2, 0) is 6.18 Å². The van der Waals surface area contributed by atoms with Crippen molar-refractivity contribution in [2.45, 2.75) is 19.2 Å². The molecule has 86 valence electrons. The van der Waals surface area contributed by atoms with Crippen LogP contribution < -0.4 is 0 Å². The van der Waals surface area contributed by atoms with Crippen molar-refractivity contribution in [1.82, 2.24) is 9.97 Å². The number of aliphatic hydroxyl groups excluding tert-OH is 1. The Balaban J connectivity index is 2.54. The Morgan fingerprint density at radius 3 is 2.62 bits per heavy atom. The zero-order chi connectivity index (χ0) is 11.9. The van der Waals surface area contributed by atoms with E-state index in [4.69, 9.17) is 0 Å². The van der Waals surface area contributed by atoms with Gasteiger partial charge in [0.1, 0.15) is 11.9 Å². The first kappa shape index (κ1) is 10.9. The van der Waals surface area contributed by atoms with Crippen LogP contribution in [-0.4, -0.2) is 15.1 Å². The molecule has 3 nitrogen and oxygen atoms in total. The molecule has 0 aliphatic carbocycles. The molecule has 0 amide bonds. The Bertz CT molecular complexity index is 516. The second-order valence-corrected chi connectivity index (χ2v) is 3.53. The molecule has 2 N–H and O–H groups in total. The van der Waals surface area contributed by atoms with Gasteiger partial charge in [-0.3, -0.25) is 0 Å². The highest BCUT2D eigenvalue weighted by Gasteiger charge is 2.30. The number of fused-ring (bicyclic) bond motifs is 1. The average molecular weight is 230 g/mol. The predicted molar refractivity (Wildman–Crippen MR) is 51.7 cm³/mol. The molecule has 0 saturated carbocycles. The van der Waals surface area contributed by atoms with Crippen molar-refractivity contribution in [3.63, 3.8) is 0 Å². The van der Waals surface area contributed by atoms with Gasteiger partial charge in [-0.2, -0.15) is 13.2 Å². The SMILES string of the molecule is CC(O)c1nc2ccc(C(F)(F)F)cc2[nH]1. The molecular formula is C10H9F3N2O. The van der Waals surface area contributed by atoms with Gasteiger partial charge in [0.05, 0.1) is 16.6 Å². The van der Waals surface area contributed by atoms with Gasteiger partial charge in [0.2, 0.25) is 0 Å². The number of hydrogen-bond acceptors (Lipinski definition) is 2. The van der Waals surface area contributed by atoms with E-state index in [2.05, 4.69) is 9.97 Å². The maximum Gasteiger partial charge on any atom is 0.416 e. The van der Waals surface area contributed by atoms with Crippen molar-refractivity contribution in [3.05, 3.63) is 29.6 Å². The molecule has 0 saturated heterocycles. The van der Waals surface area contributed by atoms with Gasteiger partial charge in [-0.15, -0.1) is 0 Å². The van der Waals surface area contributed by atoms with Crippen molar-refractivity contribution in [2.24, 2.45) is 0 Å². The summed E-state index contributed by atoms with van der Waals surface area (Å²) in [5.74, 6) is 0.259. The summed E-state index contributed by atoms with van der Waals surface area (Å²) in [7, 11) is 0. The fourth-order valence-corrected chi connectivity index (χ4v) is 1.40. The Labute approximate surface area is 88.9 Å². The number of rotatable bonds is 1. The molecule has 0 radical (unpaired) electrons. The van der Waals surface area contributed by atoms with Crippen molar-refractivity contribution in [2.75, 3.05) is 0 Å². The van der Waals surface area contributed by atoms with Crippen LogP contribution in [0.3, 0.4) is 0 Å². The lowest BCUT2D eigenvalue weighted by Gasteiger charge is -2.05. The first-order valence-electron chi connectivity index (χ1n) is 4.63. The van der Waals surface area contributed by atoms with Crippen molar-refractivity contribution >= 4 is 11.0 Å². The summed E-state index contributed by atoms with van der Waals surface area (Å²) in [6.07, 6.45) is -5.20. The molecule has 2 rings (SSSR count). The topological polar surface area (TPSA) is 48.9 Å². The van der Waals surface area contributed by atoms with E-state index in [1.807, 2.05) is 0 Å². The Morgan fingerprint density at radius 2 is 2.06 bits per heavy atom. The van der Waals surface area contributed by atoms with E-state index < -0.39 is 17.8 Å². The first-order chi connectivity index (χ1) is 7.38. The molecule has 1 aromatic heterocycles. The molecule has 0 fully saturated rings. The van der Waals surface area contributed by atoms with E-state index in [1.165, 1.54) is 13.0 Å². The van der Waals surface area contributed by atoms with Gasteiger partial charge >= 0.3 is 6.18 Å². The molecule has 0 spiro atoms. The number of nitrogens with one attached hydrogen (secondary N) is 1. The summed E-state index contributed by atoms with van der Waals surface area (Å²) in [5.41, 5.74) is -0.0598. The van der Waals surface area contributed by atoms with Gasteiger partial charge in [0, 0.05) is 0 Å². The summed E-state index contributed by atoms with van der Waals surface area (Å²) in [4.78, 5) is 6.61. The lowest BCUT2D eigenvalue weighted by Crippen LogP contribution is -2.04. The molecule has 16 heavy (non-hydrogen) atoms. The number of nitrogens with zero attached hydrogens (tertiary/aromatic N) is 1. The van der Waals surface area contributed by atoms with Gasteiger partial charge in [-0.25, -0.2) is 4.98 Å². The molecule has 1 atom stereocenters. The lowest BCUT2D eigenvalue weighted by atomic mass is 10.2. The molecule has 0 aliphatic rings. The smallest absolute Gasteiger partial charge is 0.385 e. The number of aromatic nitrogens is 2. The number of aliphatic hydroxyl groups is 1. The van der Waals surface area contributed by atoms with Crippen LogP contribution in [0.15, 0.2) is 18.2 Å². The summed E-state index contributed by atoms with van der Waals surface area (Å²) < 4.78 is 37.2. The van der Waals surface area contributed by atoms with Gasteiger partial charge < -0.3 is 10.1 Å². The van der Waals surface area contributed by atoms with Crippen LogP contribution in [0.1, 0.15) is 24.4 Å². The van der Waals surface area contributed by atoms with Crippen LogP contribution in [0.2, 0.25) is 0 Å². The standard InChI is InChI=1S/C10H9F3N2O/c1-5(16)9-14-7-3-2-6(10(11,12)13)4-8(7)15-9/h2-5,16H,1H3,(H,14,15). The van der Waals surface area contributed by atoms with Crippen molar-refractivity contribution in [1.29, 1.82) is 0 Å². The summed E-state index contributed by atoms with van der Waals surface area (Å²) in [6.45, 7) is 1.49. The molecule has 1 unspecified atom stereocenters. The normalized spacial score (nSPS) is 14.3. The summed E-state index contributed by atoms with van der Waals surface area (Å²) >= 11 is 0. The predicted octanol–water partition coefficient (Wildman–Crippen LogP) is 2.63. The maximum atomic E-state index is 12.4. The zero-order valence-electron chi connectivity index (χ0n) is 8.34. The second kappa shape index (κ2) is 3.48. The van der Waals surface area contributed by atoms with Crippen LogP contribution in [0.25, 0.3) is 11.0 Å². The van der Waals surface area contributed by atoms with E-state index in [0.29, 0.717) is 5.52 Å². The largest absolute Gasteiger partial charge is 0.416 e. The quantitative estimate of drug-likeness (QED) is 0.791. The first-order valence-corrected chi connectivity index (χ1v) is 4.63. The molecule has 6 heteroatoms. The third-order valence-electron chi connectivity index (χ3n) is 2.22. The van der Waals surface area contributed by atoms with E-state index in [-0.39, 0.29) is 11.3 Å². The number of benzene rings is 1. The van der Waals surface area contributed by atoms with Gasteiger partial charge in [0.25, 0.3) is 0 Å². The molecule has 2 aromatic rings. The number of aromatic amines is 1. The number of halogens is 3. The van der Waals surface area contributed by atoms with E-state index >= 15 is 0 Å². The minimum Gasteiger partial charge on any atom is -0.385 e. The van der Waals surface area contributed by atoms with Gasteiger partial charge in [0.15, 0.2) is 0 Å². The highest BCUT2D eigenvalue weighted by molar-refractivity contribution is 5.76. The Kier molecular flexibility index (Phi) is 2.38. The highest BCUT2D eigenvalue weighted by Crippen LogP contribution is 2.31. The van der Waals surface area contributed by atoms with Gasteiger partial charge in [-0.1, -0.05) is 0 Å². The average Bonchev–Trinajstić information content (AvgIpc) is 2.58. The third kappa shape index (κ3) is 1.88. The number of imidazole rings is 1. The van der Waals surface area contributed by atoms with Crippen molar-refractivity contribution < 1.29 is 18.3 Å². The zero-order valence-corrected chi connectivity index (χ0v) is 8.34. The van der Waals surface area contributed by atoms with Crippen LogP contribution in [0, 0.1) is 0 Å². The lowest BCUT2D eigenvalue weighted by molar-refractivity contribution is -0.137. The Morgan fingerprint density at radius 1 is 1.38 bits per heavy atom. The minimum absolute atomic E-state index is 0.259. The minimum atomic E-state index is -4.37. The highest BCUT2D eigenvalue weighted by atomic mass is 19.4. The number of alkyl halides is 3. The fourth-order valence-electron chi connectivity index (χ4n) is 1.40. The maximum absolute atomic E-state index is 12.4. The Hall–Kier alpha value is -1.56. The second-order valence-electron chi connectivity index (χ2n) is 3.53. The summed E-state index contributed by atoms with van der Waals surface area (Å²) in [5, 5.41) is 9.24. The molecule has 0 aliphatic heterocycles. The summed E-state index contributed by atoms with van der Waals surface area (Å²) in [6, 6.07) is 3.23. The van der Waals surface area contributed by atoms with E-state index in [1.54, 1.807) is 0 Å². The molecule has 0 bridgehead atoms. The van der Waals surface area contributed by atoms with Crippen LogP contribution >= 0.6 is 0 Å². The third-order valence-corrected chi connectivity index (χ3v) is 2.22. The monoisotopic (exact) mass is 230 g/mol. The molecule has 1 aromatic carbocycles.